The summed E-state index contributed by atoms with van der Waals surface area (Å²) in [4.78, 5) is 5.03. The van der Waals surface area contributed by atoms with Crippen LogP contribution in [-0.2, 0) is 12.0 Å². The summed E-state index contributed by atoms with van der Waals surface area (Å²) in [6.07, 6.45) is 4.13. The van der Waals surface area contributed by atoms with E-state index in [1.165, 1.54) is 0 Å². The second-order valence-electron chi connectivity index (χ2n) is 3.79. The van der Waals surface area contributed by atoms with Crippen LogP contribution in [0.15, 0.2) is 42.0 Å². The highest BCUT2D eigenvalue weighted by Gasteiger charge is 2.24. The Balaban J connectivity index is 2.18. The van der Waals surface area contributed by atoms with Crippen molar-refractivity contribution in [2.75, 3.05) is 0 Å². The zero-order valence-electron chi connectivity index (χ0n) is 8.55. The van der Waals surface area contributed by atoms with Gasteiger partial charge in [0.15, 0.2) is 0 Å². The molecule has 1 N–H and O–H groups in total. The average Bonchev–Trinajstić information content (AvgIpc) is 2.71. The molecule has 0 bridgehead atoms. The maximum atomic E-state index is 10.3. The molecule has 0 aliphatic carbocycles. The smallest absolute Gasteiger partial charge is 0.100 e. The van der Waals surface area contributed by atoms with Gasteiger partial charge in [0, 0.05) is 23.7 Å². The van der Waals surface area contributed by atoms with Crippen LogP contribution in [0, 0.1) is 0 Å². The first-order valence-corrected chi connectivity index (χ1v) is 5.72. The molecule has 0 saturated heterocycles. The van der Waals surface area contributed by atoms with Gasteiger partial charge in [-0.25, -0.2) is 0 Å². The van der Waals surface area contributed by atoms with E-state index in [9.17, 15) is 5.11 Å². The lowest BCUT2D eigenvalue weighted by molar-refractivity contribution is 0.0614. The molecule has 0 fully saturated rings. The first kappa shape index (κ1) is 10.3. The molecule has 0 aliphatic rings. The van der Waals surface area contributed by atoms with E-state index in [0.717, 1.165) is 10.4 Å². The van der Waals surface area contributed by atoms with Crippen LogP contribution in [0.5, 0.6) is 0 Å². The first-order valence-electron chi connectivity index (χ1n) is 4.84. The number of aliphatic hydroxyl groups is 1. The van der Waals surface area contributed by atoms with Gasteiger partial charge < -0.3 is 5.11 Å². The van der Waals surface area contributed by atoms with Gasteiger partial charge in [0.1, 0.15) is 5.60 Å². The molecule has 2 aromatic rings. The minimum Gasteiger partial charge on any atom is -0.384 e. The van der Waals surface area contributed by atoms with Crippen LogP contribution in [0.3, 0.4) is 0 Å². The molecule has 0 amide bonds. The summed E-state index contributed by atoms with van der Waals surface area (Å²) in [5, 5.41) is 12.3. The molecule has 0 spiro atoms. The molecule has 0 aromatic carbocycles. The summed E-state index contributed by atoms with van der Waals surface area (Å²) >= 11 is 1.58. The molecule has 2 nitrogen and oxygen atoms in total. The number of thiophene rings is 1. The third-order valence-electron chi connectivity index (χ3n) is 2.32. The predicted molar refractivity (Wildman–Crippen MR) is 61.8 cm³/mol. The molecule has 0 aliphatic heterocycles. The van der Waals surface area contributed by atoms with Crippen molar-refractivity contribution in [2.45, 2.75) is 18.9 Å². The van der Waals surface area contributed by atoms with Crippen molar-refractivity contribution in [1.29, 1.82) is 0 Å². The Morgan fingerprint density at radius 1 is 1.40 bits per heavy atom. The van der Waals surface area contributed by atoms with Crippen molar-refractivity contribution < 1.29 is 5.11 Å². The lowest BCUT2D eigenvalue weighted by Crippen LogP contribution is -2.22. The second kappa shape index (κ2) is 4.13. The SMILES string of the molecule is C[C@](O)(Cc1cccnc1)c1cccs1. The lowest BCUT2D eigenvalue weighted by atomic mass is 9.96. The van der Waals surface area contributed by atoms with Gasteiger partial charge in [-0.15, -0.1) is 11.3 Å². The lowest BCUT2D eigenvalue weighted by Gasteiger charge is -2.21. The van der Waals surface area contributed by atoms with Gasteiger partial charge in [-0.3, -0.25) is 4.98 Å². The van der Waals surface area contributed by atoms with Crippen molar-refractivity contribution in [2.24, 2.45) is 0 Å². The third kappa shape index (κ3) is 2.43. The van der Waals surface area contributed by atoms with Gasteiger partial charge in [-0.2, -0.15) is 0 Å². The quantitative estimate of drug-likeness (QED) is 0.860. The van der Waals surface area contributed by atoms with Gasteiger partial charge in [-0.05, 0) is 30.0 Å². The predicted octanol–water partition coefficient (Wildman–Crippen LogP) is 2.59. The van der Waals surface area contributed by atoms with Crippen molar-refractivity contribution in [1.82, 2.24) is 4.98 Å². The first-order chi connectivity index (χ1) is 7.18. The summed E-state index contributed by atoms with van der Waals surface area (Å²) in [6.45, 7) is 1.84. The van der Waals surface area contributed by atoms with Crippen LogP contribution in [0.25, 0.3) is 0 Å². The number of rotatable bonds is 3. The van der Waals surface area contributed by atoms with Crippen molar-refractivity contribution in [3.8, 4) is 0 Å². The maximum absolute atomic E-state index is 10.3. The molecule has 15 heavy (non-hydrogen) atoms. The summed E-state index contributed by atoms with van der Waals surface area (Å²) in [6, 6.07) is 7.79. The van der Waals surface area contributed by atoms with Gasteiger partial charge in [0.2, 0.25) is 0 Å². The molecule has 0 saturated carbocycles. The molecule has 0 unspecified atom stereocenters. The molecule has 1 atom stereocenters. The molecule has 2 aromatic heterocycles. The Morgan fingerprint density at radius 2 is 2.27 bits per heavy atom. The number of aromatic nitrogens is 1. The Hall–Kier alpha value is -1.19. The number of hydrogen-bond donors (Lipinski definition) is 1. The average molecular weight is 219 g/mol. The third-order valence-corrected chi connectivity index (χ3v) is 3.45. The monoisotopic (exact) mass is 219 g/mol. The zero-order chi connectivity index (χ0) is 10.7. The highest BCUT2D eigenvalue weighted by molar-refractivity contribution is 7.10. The minimum atomic E-state index is -0.794. The maximum Gasteiger partial charge on any atom is 0.100 e. The summed E-state index contributed by atoms with van der Waals surface area (Å²) in [5.41, 5.74) is 0.257. The van der Waals surface area contributed by atoms with Crippen LogP contribution in [-0.4, -0.2) is 10.1 Å². The van der Waals surface area contributed by atoms with Crippen molar-refractivity contribution >= 4 is 11.3 Å². The highest BCUT2D eigenvalue weighted by atomic mass is 32.1. The largest absolute Gasteiger partial charge is 0.384 e. The van der Waals surface area contributed by atoms with Crippen LogP contribution in [0.1, 0.15) is 17.4 Å². The normalized spacial score (nSPS) is 14.8. The van der Waals surface area contributed by atoms with E-state index in [-0.39, 0.29) is 0 Å². The van der Waals surface area contributed by atoms with E-state index < -0.39 is 5.60 Å². The summed E-state index contributed by atoms with van der Waals surface area (Å²) < 4.78 is 0. The molecule has 78 valence electrons. The van der Waals surface area contributed by atoms with Gasteiger partial charge in [0.05, 0.1) is 0 Å². The Kier molecular flexibility index (Phi) is 2.84. The fourth-order valence-corrected chi connectivity index (χ4v) is 2.36. The van der Waals surface area contributed by atoms with E-state index in [2.05, 4.69) is 4.98 Å². The fourth-order valence-electron chi connectivity index (χ4n) is 1.57. The Bertz CT molecular complexity index is 408. The Morgan fingerprint density at radius 3 is 2.87 bits per heavy atom. The van der Waals surface area contributed by atoms with Gasteiger partial charge in [-0.1, -0.05) is 12.1 Å². The van der Waals surface area contributed by atoms with E-state index in [4.69, 9.17) is 0 Å². The van der Waals surface area contributed by atoms with E-state index in [1.807, 2.05) is 36.6 Å². The van der Waals surface area contributed by atoms with E-state index >= 15 is 0 Å². The summed E-state index contributed by atoms with van der Waals surface area (Å²) in [7, 11) is 0. The van der Waals surface area contributed by atoms with Crippen LogP contribution in [0.4, 0.5) is 0 Å². The molecule has 2 rings (SSSR count). The molecular formula is C12H13NOS. The topological polar surface area (TPSA) is 33.1 Å². The number of hydrogen-bond acceptors (Lipinski definition) is 3. The van der Waals surface area contributed by atoms with Crippen LogP contribution in [0.2, 0.25) is 0 Å². The molecule has 2 heterocycles. The second-order valence-corrected chi connectivity index (χ2v) is 4.74. The Labute approximate surface area is 93.2 Å². The van der Waals surface area contributed by atoms with Crippen molar-refractivity contribution in [3.63, 3.8) is 0 Å². The standard InChI is InChI=1S/C12H13NOS/c1-12(14,11-5-3-7-15-11)8-10-4-2-6-13-9-10/h2-7,9,14H,8H2,1H3/t12-/m0/s1. The fraction of sp³-hybridized carbons (Fsp3) is 0.250. The van der Waals surface area contributed by atoms with Gasteiger partial charge >= 0.3 is 0 Å². The van der Waals surface area contributed by atoms with E-state index in [0.29, 0.717) is 6.42 Å². The van der Waals surface area contributed by atoms with Gasteiger partial charge in [0.25, 0.3) is 0 Å². The van der Waals surface area contributed by atoms with E-state index in [1.54, 1.807) is 23.7 Å². The minimum absolute atomic E-state index is 0.599. The van der Waals surface area contributed by atoms with Crippen LogP contribution >= 0.6 is 11.3 Å². The molecule has 3 heteroatoms. The van der Waals surface area contributed by atoms with Crippen LogP contribution < -0.4 is 0 Å². The zero-order valence-corrected chi connectivity index (χ0v) is 9.37. The molecular weight excluding hydrogens is 206 g/mol. The number of nitrogens with zero attached hydrogens (tertiary/aromatic N) is 1. The van der Waals surface area contributed by atoms with Crippen molar-refractivity contribution in [3.05, 3.63) is 52.5 Å². The summed E-state index contributed by atoms with van der Waals surface area (Å²) in [5.74, 6) is 0. The molecule has 0 radical (unpaired) electrons. The number of pyridine rings is 1. The highest BCUT2D eigenvalue weighted by Crippen LogP contribution is 2.28.